The van der Waals surface area contributed by atoms with Gasteiger partial charge in [0.1, 0.15) is 5.75 Å². The molecule has 2 nitrogen and oxygen atoms in total. The van der Waals surface area contributed by atoms with Crippen molar-refractivity contribution in [2.45, 2.75) is 19.8 Å². The van der Waals surface area contributed by atoms with Gasteiger partial charge >= 0.3 is 0 Å². The SMILES string of the molecule is C=C(CCN)Oc1ccccc1CC. The van der Waals surface area contributed by atoms with Gasteiger partial charge in [-0.3, -0.25) is 0 Å². The van der Waals surface area contributed by atoms with Crippen molar-refractivity contribution in [3.8, 4) is 5.75 Å². The molecule has 0 saturated carbocycles. The van der Waals surface area contributed by atoms with Gasteiger partial charge in [-0.15, -0.1) is 0 Å². The van der Waals surface area contributed by atoms with Gasteiger partial charge in [-0.05, 0) is 24.6 Å². The zero-order chi connectivity index (χ0) is 10.4. The molecule has 76 valence electrons. The van der Waals surface area contributed by atoms with Gasteiger partial charge in [-0.2, -0.15) is 0 Å². The van der Waals surface area contributed by atoms with Crippen LogP contribution in [0.3, 0.4) is 0 Å². The Kier molecular flexibility index (Phi) is 4.20. The first-order valence-corrected chi connectivity index (χ1v) is 4.91. The lowest BCUT2D eigenvalue weighted by Crippen LogP contribution is -2.04. The molecule has 0 heterocycles. The van der Waals surface area contributed by atoms with Crippen molar-refractivity contribution >= 4 is 0 Å². The van der Waals surface area contributed by atoms with Crippen LogP contribution in [-0.2, 0) is 6.42 Å². The van der Waals surface area contributed by atoms with Crippen LogP contribution in [0, 0.1) is 0 Å². The molecule has 0 amide bonds. The maximum Gasteiger partial charge on any atom is 0.130 e. The summed E-state index contributed by atoms with van der Waals surface area (Å²) >= 11 is 0. The first-order valence-electron chi connectivity index (χ1n) is 4.91. The second-order valence-corrected chi connectivity index (χ2v) is 3.14. The zero-order valence-electron chi connectivity index (χ0n) is 8.62. The quantitative estimate of drug-likeness (QED) is 0.726. The van der Waals surface area contributed by atoms with E-state index in [0.717, 1.165) is 17.9 Å². The van der Waals surface area contributed by atoms with Crippen LogP contribution in [0.2, 0.25) is 0 Å². The lowest BCUT2D eigenvalue weighted by atomic mass is 10.1. The van der Waals surface area contributed by atoms with Crippen LogP contribution in [0.5, 0.6) is 5.75 Å². The smallest absolute Gasteiger partial charge is 0.130 e. The topological polar surface area (TPSA) is 35.2 Å². The second kappa shape index (κ2) is 5.45. The van der Waals surface area contributed by atoms with E-state index in [9.17, 15) is 0 Å². The highest BCUT2D eigenvalue weighted by molar-refractivity contribution is 5.34. The fraction of sp³-hybridized carbons (Fsp3) is 0.333. The van der Waals surface area contributed by atoms with Crippen LogP contribution in [0.25, 0.3) is 0 Å². The van der Waals surface area contributed by atoms with Crippen LogP contribution in [0.15, 0.2) is 36.6 Å². The molecule has 0 spiro atoms. The van der Waals surface area contributed by atoms with Gasteiger partial charge in [-0.25, -0.2) is 0 Å². The molecule has 14 heavy (non-hydrogen) atoms. The standard InChI is InChI=1S/C12H17NO/c1-3-11-6-4-5-7-12(11)14-10(2)8-9-13/h4-7H,2-3,8-9,13H2,1H3. The Labute approximate surface area is 85.4 Å². The molecule has 0 aromatic heterocycles. The maximum atomic E-state index is 5.60. The molecular formula is C12H17NO. The summed E-state index contributed by atoms with van der Waals surface area (Å²) in [6, 6.07) is 7.99. The van der Waals surface area contributed by atoms with Crippen LogP contribution >= 0.6 is 0 Å². The summed E-state index contributed by atoms with van der Waals surface area (Å²) in [5.74, 6) is 1.63. The molecule has 0 aliphatic rings. The average molecular weight is 191 g/mol. The number of nitrogens with two attached hydrogens (primary N) is 1. The van der Waals surface area contributed by atoms with Crippen molar-refractivity contribution in [1.82, 2.24) is 0 Å². The minimum atomic E-state index is 0.577. The third kappa shape index (κ3) is 2.89. The predicted octanol–water partition coefficient (Wildman–Crippen LogP) is 2.49. The van der Waals surface area contributed by atoms with Crippen LogP contribution in [0.1, 0.15) is 18.9 Å². The highest BCUT2D eigenvalue weighted by atomic mass is 16.5. The minimum Gasteiger partial charge on any atom is -0.462 e. The van der Waals surface area contributed by atoms with Crippen molar-refractivity contribution in [2.24, 2.45) is 5.73 Å². The third-order valence-electron chi connectivity index (χ3n) is 2.03. The van der Waals surface area contributed by atoms with E-state index < -0.39 is 0 Å². The molecule has 0 saturated heterocycles. The summed E-state index contributed by atoms with van der Waals surface area (Å²) in [7, 11) is 0. The first-order chi connectivity index (χ1) is 6.77. The third-order valence-corrected chi connectivity index (χ3v) is 2.03. The number of hydrogen-bond acceptors (Lipinski definition) is 2. The lowest BCUT2D eigenvalue weighted by molar-refractivity contribution is 0.404. The molecule has 0 aliphatic carbocycles. The van der Waals surface area contributed by atoms with Crippen molar-refractivity contribution in [3.63, 3.8) is 0 Å². The summed E-state index contributed by atoms with van der Waals surface area (Å²) in [6.07, 6.45) is 1.67. The Balaban J connectivity index is 2.70. The van der Waals surface area contributed by atoms with E-state index in [0.29, 0.717) is 13.0 Å². The van der Waals surface area contributed by atoms with Crippen LogP contribution < -0.4 is 10.5 Å². The van der Waals surface area contributed by atoms with Gasteiger partial charge < -0.3 is 10.5 Å². The van der Waals surface area contributed by atoms with E-state index in [4.69, 9.17) is 10.5 Å². The van der Waals surface area contributed by atoms with E-state index in [2.05, 4.69) is 19.6 Å². The Hall–Kier alpha value is -1.28. The number of ether oxygens (including phenoxy) is 1. The van der Waals surface area contributed by atoms with Crippen molar-refractivity contribution in [2.75, 3.05) is 6.54 Å². The van der Waals surface area contributed by atoms with Crippen LogP contribution in [0.4, 0.5) is 0 Å². The molecule has 1 aromatic carbocycles. The zero-order valence-corrected chi connectivity index (χ0v) is 8.62. The number of hydrogen-bond donors (Lipinski definition) is 1. The van der Waals surface area contributed by atoms with Gasteiger partial charge in [0.2, 0.25) is 0 Å². The highest BCUT2D eigenvalue weighted by Crippen LogP contribution is 2.20. The molecule has 0 fully saturated rings. The molecule has 0 radical (unpaired) electrons. The Bertz CT molecular complexity index is 307. The van der Waals surface area contributed by atoms with E-state index in [1.165, 1.54) is 5.56 Å². The molecule has 0 atom stereocenters. The van der Waals surface area contributed by atoms with Crippen molar-refractivity contribution in [3.05, 3.63) is 42.2 Å². The minimum absolute atomic E-state index is 0.577. The highest BCUT2D eigenvalue weighted by Gasteiger charge is 2.02. The molecule has 0 aliphatic heterocycles. The summed E-state index contributed by atoms with van der Waals surface area (Å²) in [4.78, 5) is 0. The molecular weight excluding hydrogens is 174 g/mol. The second-order valence-electron chi connectivity index (χ2n) is 3.14. The number of benzene rings is 1. The number of rotatable bonds is 5. The van der Waals surface area contributed by atoms with Crippen molar-refractivity contribution in [1.29, 1.82) is 0 Å². The van der Waals surface area contributed by atoms with Crippen LogP contribution in [-0.4, -0.2) is 6.54 Å². The Morgan fingerprint density at radius 3 is 2.79 bits per heavy atom. The Morgan fingerprint density at radius 1 is 1.43 bits per heavy atom. The van der Waals surface area contributed by atoms with E-state index in [1.54, 1.807) is 0 Å². The summed E-state index contributed by atoms with van der Waals surface area (Å²) in [5.41, 5.74) is 6.61. The summed E-state index contributed by atoms with van der Waals surface area (Å²) < 4.78 is 5.60. The van der Waals surface area contributed by atoms with Crippen molar-refractivity contribution < 1.29 is 4.74 Å². The lowest BCUT2D eigenvalue weighted by Gasteiger charge is -2.10. The monoisotopic (exact) mass is 191 g/mol. The molecule has 1 aromatic rings. The molecule has 0 bridgehead atoms. The Morgan fingerprint density at radius 2 is 2.14 bits per heavy atom. The normalized spacial score (nSPS) is 9.86. The summed E-state index contributed by atoms with van der Waals surface area (Å²) in [6.45, 7) is 6.49. The molecule has 0 unspecified atom stereocenters. The van der Waals surface area contributed by atoms with E-state index in [1.807, 2.05) is 18.2 Å². The number of para-hydroxylation sites is 1. The largest absolute Gasteiger partial charge is 0.462 e. The maximum absolute atomic E-state index is 5.60. The molecule has 1 rings (SSSR count). The van der Waals surface area contributed by atoms with Gasteiger partial charge in [-0.1, -0.05) is 31.7 Å². The van der Waals surface area contributed by atoms with Gasteiger partial charge in [0.15, 0.2) is 0 Å². The molecule has 2 N–H and O–H groups in total. The fourth-order valence-corrected chi connectivity index (χ4v) is 1.26. The number of aryl methyl sites for hydroxylation is 1. The fourth-order valence-electron chi connectivity index (χ4n) is 1.26. The van der Waals surface area contributed by atoms with E-state index >= 15 is 0 Å². The molecule has 2 heteroatoms. The van der Waals surface area contributed by atoms with Gasteiger partial charge in [0.25, 0.3) is 0 Å². The average Bonchev–Trinajstić information content (AvgIpc) is 2.19. The first kappa shape index (κ1) is 10.8. The summed E-state index contributed by atoms with van der Waals surface area (Å²) in [5, 5.41) is 0. The van der Waals surface area contributed by atoms with Gasteiger partial charge in [0, 0.05) is 6.42 Å². The van der Waals surface area contributed by atoms with E-state index in [-0.39, 0.29) is 0 Å². The van der Waals surface area contributed by atoms with Gasteiger partial charge in [0.05, 0.1) is 5.76 Å². The predicted molar refractivity (Wildman–Crippen MR) is 59.3 cm³/mol.